The Morgan fingerprint density at radius 1 is 1.27 bits per heavy atom. The first-order chi connectivity index (χ1) is 7.09. The maximum atomic E-state index is 12.7. The fraction of sp³-hybridized carbons (Fsp3) is 1.00. The predicted molar refractivity (Wildman–Crippen MR) is 60.8 cm³/mol. The Morgan fingerprint density at radius 3 is 2.07 bits per heavy atom. The molecule has 0 aliphatic carbocycles. The van der Waals surface area contributed by atoms with Crippen molar-refractivity contribution in [3.05, 3.63) is 0 Å². The van der Waals surface area contributed by atoms with Crippen LogP contribution in [0.5, 0.6) is 0 Å². The lowest BCUT2D eigenvalue weighted by molar-refractivity contribution is 0.264. The summed E-state index contributed by atoms with van der Waals surface area (Å²) in [6, 6.07) is 0.871. The Balaban J connectivity index is 1.94. The average Bonchev–Trinajstić information content (AvgIpc) is 3.05. The van der Waals surface area contributed by atoms with Gasteiger partial charge in [0.15, 0.2) is 0 Å². The molecule has 0 bridgehead atoms. The summed E-state index contributed by atoms with van der Waals surface area (Å²) in [5, 5.41) is 0. The van der Waals surface area contributed by atoms with Gasteiger partial charge in [-0.05, 0) is 20.3 Å². The van der Waals surface area contributed by atoms with Crippen molar-refractivity contribution in [3.63, 3.8) is 0 Å². The van der Waals surface area contributed by atoms with E-state index in [0.717, 1.165) is 25.9 Å². The second-order valence-corrected chi connectivity index (χ2v) is 6.89. The van der Waals surface area contributed by atoms with Gasteiger partial charge in [0, 0.05) is 25.2 Å². The van der Waals surface area contributed by atoms with Crippen LogP contribution in [-0.4, -0.2) is 41.1 Å². The van der Waals surface area contributed by atoms with Gasteiger partial charge in [0.1, 0.15) is 0 Å². The Bertz CT molecular complexity index is 265. The predicted octanol–water partition coefficient (Wildman–Crippen LogP) is 2.32. The SMILES string of the molecule is CCCCOP(=O)(N1CC1C)N1CC1C. The number of unbranched alkanes of at least 4 members (excludes halogenated alkanes) is 1. The maximum Gasteiger partial charge on any atom is 0.346 e. The molecule has 0 aromatic carbocycles. The summed E-state index contributed by atoms with van der Waals surface area (Å²) >= 11 is 0. The van der Waals surface area contributed by atoms with Gasteiger partial charge in [-0.25, -0.2) is 9.34 Å². The van der Waals surface area contributed by atoms with Gasteiger partial charge in [-0.15, -0.1) is 0 Å². The minimum absolute atomic E-state index is 0.435. The topological polar surface area (TPSA) is 32.3 Å². The van der Waals surface area contributed by atoms with Gasteiger partial charge in [0.05, 0.1) is 6.61 Å². The summed E-state index contributed by atoms with van der Waals surface area (Å²) < 4.78 is 22.3. The molecule has 0 aromatic rings. The minimum atomic E-state index is -2.62. The lowest BCUT2D eigenvalue weighted by Gasteiger charge is -2.21. The highest BCUT2D eigenvalue weighted by atomic mass is 31.2. The van der Waals surface area contributed by atoms with Crippen molar-refractivity contribution < 1.29 is 9.09 Å². The fourth-order valence-electron chi connectivity index (χ4n) is 1.78. The van der Waals surface area contributed by atoms with Gasteiger partial charge in [0.2, 0.25) is 0 Å². The van der Waals surface area contributed by atoms with Crippen molar-refractivity contribution in [2.75, 3.05) is 19.7 Å². The smallest absolute Gasteiger partial charge is 0.306 e. The summed E-state index contributed by atoms with van der Waals surface area (Å²) in [5.74, 6) is 0. The maximum absolute atomic E-state index is 12.7. The van der Waals surface area contributed by atoms with Crippen LogP contribution in [0.25, 0.3) is 0 Å². The molecule has 5 heteroatoms. The van der Waals surface area contributed by atoms with Crippen LogP contribution in [0.3, 0.4) is 0 Å². The van der Waals surface area contributed by atoms with E-state index in [9.17, 15) is 4.57 Å². The van der Waals surface area contributed by atoms with E-state index in [0.29, 0.717) is 18.7 Å². The first-order valence-electron chi connectivity index (χ1n) is 5.88. The van der Waals surface area contributed by atoms with Gasteiger partial charge in [-0.3, -0.25) is 4.57 Å². The molecule has 15 heavy (non-hydrogen) atoms. The third kappa shape index (κ3) is 2.28. The van der Waals surface area contributed by atoms with Crippen molar-refractivity contribution in [2.24, 2.45) is 0 Å². The normalized spacial score (nSPS) is 42.3. The second-order valence-electron chi connectivity index (χ2n) is 4.62. The Labute approximate surface area is 92.1 Å². The standard InChI is InChI=1S/C10H21N2O2P/c1-4-5-6-14-15(13,11-7-9(11)2)12-8-10(12)3/h9-10H,4-8H2,1-3H3. The van der Waals surface area contributed by atoms with Crippen molar-refractivity contribution in [3.8, 4) is 0 Å². The van der Waals surface area contributed by atoms with E-state index in [4.69, 9.17) is 4.52 Å². The van der Waals surface area contributed by atoms with E-state index in [1.807, 2.05) is 9.34 Å². The lowest BCUT2D eigenvalue weighted by atomic mass is 10.4. The van der Waals surface area contributed by atoms with Crippen LogP contribution in [0.1, 0.15) is 33.6 Å². The average molecular weight is 232 g/mol. The molecule has 2 saturated heterocycles. The van der Waals surface area contributed by atoms with Gasteiger partial charge >= 0.3 is 7.67 Å². The number of nitrogens with zero attached hydrogens (tertiary/aromatic N) is 2. The molecule has 0 radical (unpaired) electrons. The number of hydrogen-bond donors (Lipinski definition) is 0. The Hall–Kier alpha value is 0.110. The molecule has 2 fully saturated rings. The van der Waals surface area contributed by atoms with Crippen molar-refractivity contribution in [1.29, 1.82) is 0 Å². The molecule has 2 aliphatic heterocycles. The van der Waals surface area contributed by atoms with Crippen molar-refractivity contribution in [1.82, 2.24) is 9.34 Å². The molecule has 4 unspecified atom stereocenters. The molecular formula is C10H21N2O2P. The van der Waals surface area contributed by atoms with E-state index in [1.165, 1.54) is 0 Å². The zero-order valence-electron chi connectivity index (χ0n) is 9.85. The van der Waals surface area contributed by atoms with Crippen LogP contribution in [0.4, 0.5) is 0 Å². The molecule has 0 aromatic heterocycles. The van der Waals surface area contributed by atoms with Crippen molar-refractivity contribution >= 4 is 7.67 Å². The first-order valence-corrected chi connectivity index (χ1v) is 7.41. The van der Waals surface area contributed by atoms with Crippen LogP contribution in [-0.2, 0) is 9.09 Å². The highest BCUT2D eigenvalue weighted by Gasteiger charge is 2.56. The molecule has 4 atom stereocenters. The molecule has 0 amide bonds. The molecule has 2 aliphatic rings. The van der Waals surface area contributed by atoms with E-state index >= 15 is 0 Å². The van der Waals surface area contributed by atoms with Gasteiger partial charge in [0.25, 0.3) is 0 Å². The monoisotopic (exact) mass is 232 g/mol. The van der Waals surface area contributed by atoms with E-state index in [-0.39, 0.29) is 0 Å². The molecule has 2 heterocycles. The molecule has 88 valence electrons. The molecular weight excluding hydrogens is 211 g/mol. The van der Waals surface area contributed by atoms with Crippen LogP contribution in [0.15, 0.2) is 0 Å². The number of rotatable bonds is 6. The molecule has 0 N–H and O–H groups in total. The summed E-state index contributed by atoms with van der Waals surface area (Å²) in [4.78, 5) is 0. The summed E-state index contributed by atoms with van der Waals surface area (Å²) in [6.45, 7) is 8.79. The third-order valence-corrected chi connectivity index (χ3v) is 5.99. The molecule has 4 nitrogen and oxygen atoms in total. The van der Waals surface area contributed by atoms with Gasteiger partial charge in [-0.2, -0.15) is 0 Å². The van der Waals surface area contributed by atoms with Crippen LogP contribution in [0.2, 0.25) is 0 Å². The van der Waals surface area contributed by atoms with Crippen LogP contribution < -0.4 is 0 Å². The summed E-state index contributed by atoms with van der Waals surface area (Å²) in [7, 11) is -2.62. The first kappa shape index (κ1) is 11.6. The third-order valence-electron chi connectivity index (χ3n) is 3.06. The van der Waals surface area contributed by atoms with E-state index in [2.05, 4.69) is 20.8 Å². The van der Waals surface area contributed by atoms with Crippen LogP contribution in [0, 0.1) is 0 Å². The highest BCUT2D eigenvalue weighted by Crippen LogP contribution is 2.64. The highest BCUT2D eigenvalue weighted by molar-refractivity contribution is 7.54. The van der Waals surface area contributed by atoms with E-state index in [1.54, 1.807) is 0 Å². The number of hydrogen-bond acceptors (Lipinski definition) is 2. The lowest BCUT2D eigenvalue weighted by Crippen LogP contribution is -2.11. The Morgan fingerprint density at radius 2 is 1.73 bits per heavy atom. The summed E-state index contributed by atoms with van der Waals surface area (Å²) in [5.41, 5.74) is 0. The molecule has 2 rings (SSSR count). The van der Waals surface area contributed by atoms with Gasteiger partial charge < -0.3 is 4.52 Å². The zero-order valence-corrected chi connectivity index (χ0v) is 10.7. The molecule has 0 saturated carbocycles. The largest absolute Gasteiger partial charge is 0.346 e. The van der Waals surface area contributed by atoms with Gasteiger partial charge in [-0.1, -0.05) is 13.3 Å². The fourth-order valence-corrected chi connectivity index (χ4v) is 4.62. The second kappa shape index (κ2) is 4.17. The van der Waals surface area contributed by atoms with Crippen LogP contribution >= 0.6 is 7.67 Å². The Kier molecular flexibility index (Phi) is 3.22. The quantitative estimate of drug-likeness (QED) is 0.399. The minimum Gasteiger partial charge on any atom is -0.306 e. The summed E-state index contributed by atoms with van der Waals surface area (Å²) in [6.07, 6.45) is 2.08. The van der Waals surface area contributed by atoms with E-state index < -0.39 is 7.67 Å². The van der Waals surface area contributed by atoms with Crippen molar-refractivity contribution in [2.45, 2.75) is 45.7 Å². The zero-order chi connectivity index (χ0) is 11.1. The molecule has 0 spiro atoms.